The van der Waals surface area contributed by atoms with Crippen molar-refractivity contribution in [3.63, 3.8) is 0 Å². The molecule has 1 aliphatic rings. The summed E-state index contributed by atoms with van der Waals surface area (Å²) in [5.41, 5.74) is 1.56. The van der Waals surface area contributed by atoms with Crippen molar-refractivity contribution in [2.24, 2.45) is 0 Å². The van der Waals surface area contributed by atoms with E-state index < -0.39 is 0 Å². The van der Waals surface area contributed by atoms with Crippen molar-refractivity contribution in [2.45, 2.75) is 38.8 Å². The van der Waals surface area contributed by atoms with E-state index >= 15 is 0 Å². The molecule has 1 aliphatic heterocycles. The summed E-state index contributed by atoms with van der Waals surface area (Å²) in [5.74, 6) is 1.01. The summed E-state index contributed by atoms with van der Waals surface area (Å²) in [5, 5.41) is 4.71. The molecule has 4 rings (SSSR count). The minimum atomic E-state index is 0.122. The maximum Gasteiger partial charge on any atom is 0.274 e. The number of benzene rings is 1. The Morgan fingerprint density at radius 2 is 2.07 bits per heavy atom. The predicted octanol–water partition coefficient (Wildman–Crippen LogP) is 4.26. The fourth-order valence-electron chi connectivity index (χ4n) is 3.50. The fraction of sp³-hybridized carbons (Fsp3) is 0.350. The van der Waals surface area contributed by atoms with Crippen LogP contribution in [0.4, 0.5) is 0 Å². The van der Waals surface area contributed by atoms with Crippen LogP contribution in [0.5, 0.6) is 0 Å². The Labute approximate surface area is 162 Å². The Hall–Kier alpha value is -2.60. The number of piperidine rings is 1. The summed E-state index contributed by atoms with van der Waals surface area (Å²) < 4.78 is 7.31. The second-order valence-corrected chi connectivity index (χ2v) is 7.32. The first-order chi connectivity index (χ1) is 13.1. The molecule has 0 spiro atoms. The van der Waals surface area contributed by atoms with Crippen molar-refractivity contribution in [1.82, 2.24) is 19.6 Å². The van der Waals surface area contributed by atoms with E-state index in [0.29, 0.717) is 22.8 Å². The lowest BCUT2D eigenvalue weighted by atomic mass is 10.0. The quantitative estimate of drug-likeness (QED) is 0.674. The zero-order chi connectivity index (χ0) is 18.8. The molecule has 27 heavy (non-hydrogen) atoms. The number of carbonyl (C=O) groups is 1. The van der Waals surface area contributed by atoms with Crippen LogP contribution >= 0.6 is 11.6 Å². The van der Waals surface area contributed by atoms with Gasteiger partial charge in [-0.1, -0.05) is 16.8 Å². The molecule has 0 aliphatic carbocycles. The minimum absolute atomic E-state index is 0.122. The summed E-state index contributed by atoms with van der Waals surface area (Å²) in [6.07, 6.45) is 5.20. The van der Waals surface area contributed by atoms with Gasteiger partial charge in [-0.05, 0) is 62.6 Å². The SMILES string of the molecule is C[C@H]1CCCCN1C(=O)Cn1cccc1-c1nc(-c2ccc(Cl)cc2)no1. The van der Waals surface area contributed by atoms with Crippen molar-refractivity contribution >= 4 is 17.5 Å². The molecule has 0 bridgehead atoms. The average molecular weight is 385 g/mol. The fourth-order valence-corrected chi connectivity index (χ4v) is 3.62. The molecule has 140 valence electrons. The summed E-state index contributed by atoms with van der Waals surface area (Å²) >= 11 is 5.93. The lowest BCUT2D eigenvalue weighted by Gasteiger charge is -2.33. The monoisotopic (exact) mass is 384 g/mol. The molecule has 0 saturated carbocycles. The zero-order valence-electron chi connectivity index (χ0n) is 15.1. The van der Waals surface area contributed by atoms with Gasteiger partial charge in [0.05, 0.1) is 0 Å². The van der Waals surface area contributed by atoms with E-state index in [1.165, 1.54) is 6.42 Å². The molecule has 1 aromatic carbocycles. The summed E-state index contributed by atoms with van der Waals surface area (Å²) in [7, 11) is 0. The highest BCUT2D eigenvalue weighted by Gasteiger charge is 2.24. The van der Waals surface area contributed by atoms with Gasteiger partial charge in [0, 0.05) is 29.4 Å². The Kier molecular flexibility index (Phi) is 4.99. The number of halogens is 1. The second-order valence-electron chi connectivity index (χ2n) is 6.88. The topological polar surface area (TPSA) is 64.2 Å². The molecular formula is C20H21ClN4O2. The Morgan fingerprint density at radius 1 is 1.26 bits per heavy atom. The first-order valence-corrected chi connectivity index (χ1v) is 9.54. The van der Waals surface area contributed by atoms with Gasteiger partial charge in [0.25, 0.3) is 5.89 Å². The Bertz CT molecular complexity index is 932. The average Bonchev–Trinajstić information content (AvgIpc) is 3.32. The van der Waals surface area contributed by atoms with E-state index in [1.807, 2.05) is 39.9 Å². The van der Waals surface area contributed by atoms with Crippen LogP contribution in [0.15, 0.2) is 47.1 Å². The van der Waals surface area contributed by atoms with Crippen molar-refractivity contribution in [2.75, 3.05) is 6.54 Å². The van der Waals surface area contributed by atoms with Gasteiger partial charge in [0.15, 0.2) is 0 Å². The van der Waals surface area contributed by atoms with E-state index in [-0.39, 0.29) is 12.5 Å². The third-order valence-corrected chi connectivity index (χ3v) is 5.26. The van der Waals surface area contributed by atoms with Crippen LogP contribution in [0, 0.1) is 0 Å². The summed E-state index contributed by atoms with van der Waals surface area (Å²) in [4.78, 5) is 19.2. The lowest BCUT2D eigenvalue weighted by Crippen LogP contribution is -2.43. The van der Waals surface area contributed by atoms with Crippen LogP contribution in [0.3, 0.4) is 0 Å². The van der Waals surface area contributed by atoms with Crippen molar-refractivity contribution in [1.29, 1.82) is 0 Å². The number of amides is 1. The number of hydrogen-bond acceptors (Lipinski definition) is 4. The molecule has 6 nitrogen and oxygen atoms in total. The predicted molar refractivity (Wildman–Crippen MR) is 103 cm³/mol. The maximum atomic E-state index is 12.7. The second kappa shape index (κ2) is 7.56. The number of aromatic nitrogens is 3. The van der Waals surface area contributed by atoms with Crippen LogP contribution in [-0.2, 0) is 11.3 Å². The van der Waals surface area contributed by atoms with Gasteiger partial charge >= 0.3 is 0 Å². The number of likely N-dealkylation sites (tertiary alicyclic amines) is 1. The third kappa shape index (κ3) is 3.76. The van der Waals surface area contributed by atoms with Crippen LogP contribution in [0.2, 0.25) is 5.02 Å². The van der Waals surface area contributed by atoms with Gasteiger partial charge in [-0.25, -0.2) is 0 Å². The molecule has 2 aromatic heterocycles. The molecular weight excluding hydrogens is 364 g/mol. The Balaban J connectivity index is 1.54. The van der Waals surface area contributed by atoms with Crippen molar-refractivity contribution < 1.29 is 9.32 Å². The first kappa shape index (κ1) is 17.8. The zero-order valence-corrected chi connectivity index (χ0v) is 15.9. The maximum absolute atomic E-state index is 12.7. The van der Waals surface area contributed by atoms with Crippen LogP contribution in [0.25, 0.3) is 23.0 Å². The molecule has 0 N–H and O–H groups in total. The molecule has 0 radical (unpaired) electrons. The Morgan fingerprint density at radius 3 is 2.85 bits per heavy atom. The van der Waals surface area contributed by atoms with Gasteiger partial charge in [-0.15, -0.1) is 0 Å². The first-order valence-electron chi connectivity index (χ1n) is 9.16. The highest BCUT2D eigenvalue weighted by Crippen LogP contribution is 2.24. The smallest absolute Gasteiger partial charge is 0.274 e. The summed E-state index contributed by atoms with van der Waals surface area (Å²) in [6.45, 7) is 3.22. The highest BCUT2D eigenvalue weighted by molar-refractivity contribution is 6.30. The van der Waals surface area contributed by atoms with Crippen molar-refractivity contribution in [3.05, 3.63) is 47.6 Å². The van der Waals surface area contributed by atoms with Gasteiger partial charge in [-0.2, -0.15) is 4.98 Å². The molecule has 3 aromatic rings. The number of nitrogens with zero attached hydrogens (tertiary/aromatic N) is 4. The lowest BCUT2D eigenvalue weighted by molar-refractivity contribution is -0.135. The van der Waals surface area contributed by atoms with Crippen LogP contribution < -0.4 is 0 Å². The van der Waals surface area contributed by atoms with E-state index in [2.05, 4.69) is 17.1 Å². The van der Waals surface area contributed by atoms with E-state index in [0.717, 1.165) is 30.6 Å². The van der Waals surface area contributed by atoms with Gasteiger partial charge in [-0.3, -0.25) is 4.79 Å². The highest BCUT2D eigenvalue weighted by atomic mass is 35.5. The largest absolute Gasteiger partial charge is 0.338 e. The normalized spacial score (nSPS) is 17.3. The van der Waals surface area contributed by atoms with Gasteiger partial charge in [0.1, 0.15) is 12.2 Å². The van der Waals surface area contributed by atoms with Gasteiger partial charge in [0.2, 0.25) is 11.7 Å². The summed E-state index contributed by atoms with van der Waals surface area (Å²) in [6, 6.07) is 11.3. The number of carbonyl (C=O) groups excluding carboxylic acids is 1. The van der Waals surface area contributed by atoms with Crippen LogP contribution in [-0.4, -0.2) is 38.1 Å². The standard InChI is InChI=1S/C20H21ClN4O2/c1-14-5-2-3-12-25(14)18(26)13-24-11-4-6-17(24)20-22-19(23-27-20)15-7-9-16(21)10-8-15/h4,6-11,14H,2-3,5,12-13H2,1H3/t14-/m0/s1. The number of rotatable bonds is 4. The van der Waals surface area contributed by atoms with E-state index in [9.17, 15) is 4.79 Å². The minimum Gasteiger partial charge on any atom is -0.338 e. The molecule has 1 fully saturated rings. The molecule has 3 heterocycles. The molecule has 1 atom stereocenters. The van der Waals surface area contributed by atoms with E-state index in [4.69, 9.17) is 16.1 Å². The van der Waals surface area contributed by atoms with E-state index in [1.54, 1.807) is 12.1 Å². The van der Waals surface area contributed by atoms with Crippen LogP contribution in [0.1, 0.15) is 26.2 Å². The molecule has 1 saturated heterocycles. The molecule has 1 amide bonds. The molecule has 0 unspecified atom stereocenters. The molecule has 7 heteroatoms. The third-order valence-electron chi connectivity index (χ3n) is 5.01. The number of hydrogen-bond donors (Lipinski definition) is 0. The van der Waals surface area contributed by atoms with Crippen molar-refractivity contribution in [3.8, 4) is 23.0 Å². The van der Waals surface area contributed by atoms with Gasteiger partial charge < -0.3 is 14.0 Å².